The molecule has 0 amide bonds. The molecule has 0 fully saturated rings. The molecule has 145 valence electrons. The fraction of sp³-hybridized carbons (Fsp3) is 0.545. The Morgan fingerprint density at radius 3 is 1.77 bits per heavy atom. The monoisotopic (exact) mass is 431 g/mol. The van der Waals surface area contributed by atoms with Gasteiger partial charge in [0.15, 0.2) is 0 Å². The van der Waals surface area contributed by atoms with Gasteiger partial charge < -0.3 is 0 Å². The summed E-state index contributed by atoms with van der Waals surface area (Å²) in [5, 5.41) is 0. The summed E-state index contributed by atoms with van der Waals surface area (Å²) in [6.07, 6.45) is 0. The van der Waals surface area contributed by atoms with E-state index in [9.17, 15) is 0 Å². The van der Waals surface area contributed by atoms with Crippen molar-refractivity contribution in [3.8, 4) is 5.75 Å². The van der Waals surface area contributed by atoms with Gasteiger partial charge in [0.05, 0.1) is 0 Å². The first-order valence-corrected chi connectivity index (χ1v) is 9.59. The SMILES string of the molecule is CC1=C(C)C(C)(C)C(c2ccc(C(C)C)c([O][Ti])c2C(C)C)=C1C.Cl.Cl. The van der Waals surface area contributed by atoms with E-state index in [1.54, 1.807) is 0 Å². The second-order valence-electron chi connectivity index (χ2n) is 8.23. The van der Waals surface area contributed by atoms with Crippen LogP contribution in [0.25, 0.3) is 5.57 Å². The van der Waals surface area contributed by atoms with E-state index in [-0.39, 0.29) is 30.2 Å². The molecular weight excluding hydrogens is 399 g/mol. The minimum Gasteiger partial charge on any atom is -0.147 e. The minimum atomic E-state index is 0. The normalized spacial score (nSPS) is 16.1. The van der Waals surface area contributed by atoms with Crippen molar-refractivity contribution in [3.05, 3.63) is 45.5 Å². The van der Waals surface area contributed by atoms with Crippen LogP contribution in [0.4, 0.5) is 0 Å². The van der Waals surface area contributed by atoms with Crippen molar-refractivity contribution in [1.82, 2.24) is 0 Å². The topological polar surface area (TPSA) is 9.23 Å². The second kappa shape index (κ2) is 9.33. The van der Waals surface area contributed by atoms with Gasteiger partial charge in [-0.3, -0.25) is 0 Å². The summed E-state index contributed by atoms with van der Waals surface area (Å²) in [4.78, 5) is 0. The quantitative estimate of drug-likeness (QED) is 0.442. The van der Waals surface area contributed by atoms with E-state index in [1.165, 1.54) is 39.0 Å². The maximum Gasteiger partial charge on any atom is -0.147 e. The third-order valence-electron chi connectivity index (χ3n) is 5.86. The molecule has 1 aromatic rings. The Balaban J connectivity index is 0.00000312. The number of hydrogen-bond acceptors (Lipinski definition) is 1. The molecule has 4 heteroatoms. The van der Waals surface area contributed by atoms with Crippen LogP contribution in [0.5, 0.6) is 5.75 Å². The smallest absolute Gasteiger partial charge is 0.147 e. The van der Waals surface area contributed by atoms with Gasteiger partial charge in [0.1, 0.15) is 0 Å². The maximum atomic E-state index is 5.92. The summed E-state index contributed by atoms with van der Waals surface area (Å²) in [5.41, 5.74) is 9.92. The van der Waals surface area contributed by atoms with E-state index in [0.29, 0.717) is 11.8 Å². The molecule has 0 bridgehead atoms. The van der Waals surface area contributed by atoms with E-state index >= 15 is 0 Å². The zero-order valence-corrected chi connectivity index (χ0v) is 20.7. The van der Waals surface area contributed by atoms with Crippen LogP contribution in [0.3, 0.4) is 0 Å². The fourth-order valence-electron chi connectivity index (χ4n) is 4.11. The van der Waals surface area contributed by atoms with Gasteiger partial charge in [-0.2, -0.15) is 0 Å². The summed E-state index contributed by atoms with van der Waals surface area (Å²) >= 11 is 1.81. The maximum absolute atomic E-state index is 5.92. The molecule has 0 saturated carbocycles. The van der Waals surface area contributed by atoms with E-state index in [0.717, 1.165) is 5.75 Å². The molecule has 1 aromatic carbocycles. The van der Waals surface area contributed by atoms with Crippen LogP contribution in [-0.2, 0) is 20.8 Å². The van der Waals surface area contributed by atoms with Crippen molar-refractivity contribution in [1.29, 1.82) is 0 Å². The zero-order chi connectivity index (χ0) is 18.4. The molecule has 0 heterocycles. The Morgan fingerprint density at radius 1 is 0.885 bits per heavy atom. The molecule has 0 saturated heterocycles. The van der Waals surface area contributed by atoms with Gasteiger partial charge in [0, 0.05) is 0 Å². The molecule has 2 rings (SSSR count). The molecule has 0 unspecified atom stereocenters. The van der Waals surface area contributed by atoms with E-state index in [1.807, 2.05) is 20.8 Å². The fourth-order valence-corrected chi connectivity index (χ4v) is 4.46. The molecule has 1 aliphatic carbocycles. The predicted molar refractivity (Wildman–Crippen MR) is 114 cm³/mol. The van der Waals surface area contributed by atoms with Crippen LogP contribution in [0.1, 0.15) is 90.8 Å². The van der Waals surface area contributed by atoms with Gasteiger partial charge in [-0.05, 0) is 0 Å². The molecule has 0 N–H and O–H groups in total. The van der Waals surface area contributed by atoms with Gasteiger partial charge in [0.2, 0.25) is 0 Å². The first kappa shape index (κ1) is 25.8. The summed E-state index contributed by atoms with van der Waals surface area (Å²) in [6, 6.07) is 4.60. The largest absolute Gasteiger partial charge is 0.147 e. The summed E-state index contributed by atoms with van der Waals surface area (Å²) in [5.74, 6) is 1.96. The Hall–Kier alpha value is -0.206. The van der Waals surface area contributed by atoms with Crippen molar-refractivity contribution in [2.45, 2.75) is 74.1 Å². The number of halogens is 2. The molecule has 0 aliphatic heterocycles. The third-order valence-corrected chi connectivity index (χ3v) is 6.18. The van der Waals surface area contributed by atoms with Crippen LogP contribution in [0.2, 0.25) is 0 Å². The number of rotatable bonds is 4. The average Bonchev–Trinajstić information content (AvgIpc) is 2.65. The van der Waals surface area contributed by atoms with E-state index < -0.39 is 0 Å². The molecule has 1 nitrogen and oxygen atoms in total. The van der Waals surface area contributed by atoms with Crippen molar-refractivity contribution in [2.75, 3.05) is 0 Å². The molecule has 1 aliphatic rings. The Bertz CT molecular complexity index is 728. The van der Waals surface area contributed by atoms with Crippen molar-refractivity contribution >= 4 is 30.4 Å². The molecule has 0 radical (unpaired) electrons. The minimum absolute atomic E-state index is 0. The van der Waals surface area contributed by atoms with Crippen LogP contribution in [0, 0.1) is 5.41 Å². The third kappa shape index (κ3) is 4.12. The predicted octanol–water partition coefficient (Wildman–Crippen LogP) is 7.77. The van der Waals surface area contributed by atoms with Gasteiger partial charge in [0.25, 0.3) is 0 Å². The standard InChI is InChI=1S/C22H32O.2ClH.Ti/c1-12(2)17-10-11-18(19(13(3)4)21(17)23)20-15(6)14(5)16(7)22(20,8)9;;;/h10-13,23H,1-9H3;2*1H;/q;;;+1/p-1. The van der Waals surface area contributed by atoms with E-state index in [4.69, 9.17) is 3.32 Å². The molecule has 26 heavy (non-hydrogen) atoms. The van der Waals surface area contributed by atoms with Crippen molar-refractivity contribution in [2.24, 2.45) is 5.41 Å². The Morgan fingerprint density at radius 2 is 1.42 bits per heavy atom. The van der Waals surface area contributed by atoms with Crippen molar-refractivity contribution in [3.63, 3.8) is 0 Å². The zero-order valence-electron chi connectivity index (χ0n) is 17.5. The average molecular weight is 432 g/mol. The van der Waals surface area contributed by atoms with Gasteiger partial charge >= 0.3 is 161 Å². The first-order chi connectivity index (χ1) is 11.1. The molecular formula is C22H33Cl2OTi. The van der Waals surface area contributed by atoms with E-state index in [2.05, 4.69) is 74.4 Å². The van der Waals surface area contributed by atoms with Crippen LogP contribution in [-0.4, -0.2) is 0 Å². The van der Waals surface area contributed by atoms with Gasteiger partial charge in [-0.15, -0.1) is 24.8 Å². The van der Waals surface area contributed by atoms with Crippen LogP contribution >= 0.6 is 24.8 Å². The molecule has 0 spiro atoms. The Labute approximate surface area is 184 Å². The number of allylic oxidation sites excluding steroid dienone is 4. The molecule has 0 atom stereocenters. The molecule has 0 aromatic heterocycles. The van der Waals surface area contributed by atoms with Crippen molar-refractivity contribution < 1.29 is 24.1 Å². The summed E-state index contributed by atoms with van der Waals surface area (Å²) in [6.45, 7) is 20.5. The number of hydrogen-bond donors (Lipinski definition) is 0. The summed E-state index contributed by atoms with van der Waals surface area (Å²) < 4.78 is 5.92. The number of benzene rings is 1. The van der Waals surface area contributed by atoms with Crippen LogP contribution < -0.4 is 3.32 Å². The van der Waals surface area contributed by atoms with Gasteiger partial charge in [-0.1, -0.05) is 0 Å². The Kier molecular flexibility index (Phi) is 9.25. The second-order valence-corrected chi connectivity index (χ2v) is 8.55. The first-order valence-electron chi connectivity index (χ1n) is 8.96. The van der Waals surface area contributed by atoms with Gasteiger partial charge in [-0.25, -0.2) is 0 Å². The van der Waals surface area contributed by atoms with Crippen LogP contribution in [0.15, 0.2) is 28.9 Å². The summed E-state index contributed by atoms with van der Waals surface area (Å²) in [7, 11) is 0.